The summed E-state index contributed by atoms with van der Waals surface area (Å²) in [5, 5.41) is 15.9. The van der Waals surface area contributed by atoms with Crippen molar-refractivity contribution in [3.8, 4) is 0 Å². The Morgan fingerprint density at radius 1 is 1.42 bits per heavy atom. The Morgan fingerprint density at radius 2 is 2.32 bits per heavy atom. The fourth-order valence-corrected chi connectivity index (χ4v) is 3.36. The molecule has 3 rings (SSSR count). The van der Waals surface area contributed by atoms with Gasteiger partial charge in [-0.3, -0.25) is 15.4 Å². The van der Waals surface area contributed by atoms with Crippen molar-refractivity contribution in [2.75, 3.05) is 0 Å². The summed E-state index contributed by atoms with van der Waals surface area (Å²) >= 11 is 0. The molecule has 19 heavy (non-hydrogen) atoms. The maximum atomic E-state index is 10.6. The lowest BCUT2D eigenvalue weighted by Crippen LogP contribution is -2.63. The van der Waals surface area contributed by atoms with Crippen molar-refractivity contribution in [3.05, 3.63) is 36.0 Å². The summed E-state index contributed by atoms with van der Waals surface area (Å²) in [6.07, 6.45) is 14.1. The lowest BCUT2D eigenvalue weighted by atomic mass is 9.75. The number of aliphatic carboxylic acids is 1. The molecule has 102 valence electrons. The number of allylic oxidation sites excluding steroid dienone is 3. The summed E-state index contributed by atoms with van der Waals surface area (Å²) in [4.78, 5) is 10.6. The summed E-state index contributed by atoms with van der Waals surface area (Å²) in [6.45, 7) is 0. The van der Waals surface area contributed by atoms with Gasteiger partial charge in [-0.1, -0.05) is 30.4 Å². The van der Waals surface area contributed by atoms with Crippen LogP contribution in [0.5, 0.6) is 0 Å². The molecule has 4 unspecified atom stereocenters. The van der Waals surface area contributed by atoms with Crippen molar-refractivity contribution in [2.45, 2.75) is 43.9 Å². The van der Waals surface area contributed by atoms with Gasteiger partial charge in [0.2, 0.25) is 0 Å². The Morgan fingerprint density at radius 3 is 3.16 bits per heavy atom. The molecule has 0 spiro atoms. The lowest BCUT2D eigenvalue weighted by molar-refractivity contribution is -0.137. The highest BCUT2D eigenvalue weighted by atomic mass is 16.4. The van der Waals surface area contributed by atoms with Gasteiger partial charge in [0.15, 0.2) is 0 Å². The number of carboxylic acid groups (broad SMARTS) is 1. The molecular formula is C15H20N2O2. The van der Waals surface area contributed by atoms with Gasteiger partial charge >= 0.3 is 5.97 Å². The highest BCUT2D eigenvalue weighted by molar-refractivity contribution is 5.66. The Hall–Kier alpha value is -1.39. The molecule has 0 radical (unpaired) electrons. The van der Waals surface area contributed by atoms with E-state index in [9.17, 15) is 4.79 Å². The second-order valence-electron chi connectivity index (χ2n) is 5.52. The normalized spacial score (nSPS) is 35.7. The molecule has 1 saturated heterocycles. The summed E-state index contributed by atoms with van der Waals surface area (Å²) in [7, 11) is 0. The molecule has 3 aliphatic rings. The number of carboxylic acids is 1. The second-order valence-corrected chi connectivity index (χ2v) is 5.52. The molecule has 1 fully saturated rings. The molecule has 0 saturated carbocycles. The van der Waals surface area contributed by atoms with Gasteiger partial charge in [0, 0.05) is 24.4 Å². The first-order valence-corrected chi connectivity index (χ1v) is 7.03. The lowest BCUT2D eigenvalue weighted by Gasteiger charge is -2.46. The minimum atomic E-state index is -0.711. The van der Waals surface area contributed by atoms with Gasteiger partial charge in [0.05, 0.1) is 6.17 Å². The predicted octanol–water partition coefficient (Wildman–Crippen LogP) is 1.57. The topological polar surface area (TPSA) is 61.4 Å². The van der Waals surface area contributed by atoms with Crippen LogP contribution in [0, 0.1) is 5.92 Å². The first kappa shape index (κ1) is 12.6. The molecule has 0 aromatic carbocycles. The van der Waals surface area contributed by atoms with Gasteiger partial charge in [-0.15, -0.1) is 0 Å². The highest BCUT2D eigenvalue weighted by Gasteiger charge is 2.38. The van der Waals surface area contributed by atoms with Crippen LogP contribution < -0.4 is 10.6 Å². The highest BCUT2D eigenvalue weighted by Crippen LogP contribution is 2.33. The Balaban J connectivity index is 1.64. The third kappa shape index (κ3) is 2.65. The van der Waals surface area contributed by atoms with Crippen molar-refractivity contribution in [1.29, 1.82) is 0 Å². The third-order valence-electron chi connectivity index (χ3n) is 4.21. The molecule has 0 aromatic heterocycles. The van der Waals surface area contributed by atoms with Crippen molar-refractivity contribution in [1.82, 2.24) is 10.6 Å². The van der Waals surface area contributed by atoms with Crippen molar-refractivity contribution in [3.63, 3.8) is 0 Å². The predicted molar refractivity (Wildman–Crippen MR) is 73.6 cm³/mol. The van der Waals surface area contributed by atoms with Gasteiger partial charge in [-0.05, 0) is 24.8 Å². The van der Waals surface area contributed by atoms with E-state index in [4.69, 9.17) is 5.11 Å². The number of nitrogens with one attached hydrogen (secondary N) is 2. The second kappa shape index (κ2) is 5.31. The van der Waals surface area contributed by atoms with Gasteiger partial charge < -0.3 is 5.11 Å². The molecule has 4 heteroatoms. The van der Waals surface area contributed by atoms with Gasteiger partial charge in [-0.25, -0.2) is 0 Å². The van der Waals surface area contributed by atoms with E-state index in [2.05, 4.69) is 41.0 Å². The van der Waals surface area contributed by atoms with E-state index < -0.39 is 5.97 Å². The van der Waals surface area contributed by atoms with E-state index >= 15 is 0 Å². The first-order valence-electron chi connectivity index (χ1n) is 7.03. The molecule has 1 aliphatic heterocycles. The molecule has 2 aliphatic carbocycles. The zero-order valence-corrected chi connectivity index (χ0v) is 10.9. The van der Waals surface area contributed by atoms with Crippen LogP contribution in [0.4, 0.5) is 0 Å². The Labute approximate surface area is 113 Å². The molecule has 0 bridgehead atoms. The fraction of sp³-hybridized carbons (Fsp3) is 0.533. The van der Waals surface area contributed by atoms with Crippen LogP contribution in [-0.2, 0) is 4.79 Å². The monoisotopic (exact) mass is 260 g/mol. The van der Waals surface area contributed by atoms with Crippen LogP contribution in [0.1, 0.15) is 25.7 Å². The molecular weight excluding hydrogens is 240 g/mol. The van der Waals surface area contributed by atoms with Crippen LogP contribution >= 0.6 is 0 Å². The average Bonchev–Trinajstić information content (AvgIpc) is 2.39. The number of carbonyl (C=O) groups is 1. The van der Waals surface area contributed by atoms with Crippen LogP contribution in [0.2, 0.25) is 0 Å². The summed E-state index contributed by atoms with van der Waals surface area (Å²) in [5.41, 5.74) is 1.40. The molecule has 1 heterocycles. The maximum absolute atomic E-state index is 10.6. The zero-order valence-electron chi connectivity index (χ0n) is 10.9. The van der Waals surface area contributed by atoms with E-state index in [1.165, 1.54) is 5.57 Å². The van der Waals surface area contributed by atoms with Crippen LogP contribution in [0.25, 0.3) is 0 Å². The molecule has 0 amide bonds. The maximum Gasteiger partial charge on any atom is 0.303 e. The third-order valence-corrected chi connectivity index (χ3v) is 4.21. The number of hydrogen-bond acceptors (Lipinski definition) is 3. The SMILES string of the molecule is O=C(O)CCCC1NC2C=CC=C3C=CCC(N1)C32. The van der Waals surface area contributed by atoms with E-state index in [1.807, 2.05) is 0 Å². The van der Waals surface area contributed by atoms with Crippen molar-refractivity contribution >= 4 is 5.97 Å². The fourth-order valence-electron chi connectivity index (χ4n) is 3.36. The zero-order chi connectivity index (χ0) is 13.2. The molecule has 4 nitrogen and oxygen atoms in total. The molecule has 3 N–H and O–H groups in total. The van der Waals surface area contributed by atoms with Crippen LogP contribution in [0.3, 0.4) is 0 Å². The Kier molecular flexibility index (Phi) is 3.53. The van der Waals surface area contributed by atoms with E-state index in [0.29, 0.717) is 24.4 Å². The van der Waals surface area contributed by atoms with Gasteiger partial charge in [0.1, 0.15) is 0 Å². The minimum Gasteiger partial charge on any atom is -0.481 e. The summed E-state index contributed by atoms with van der Waals surface area (Å²) in [6, 6.07) is 0.855. The molecule has 0 aromatic rings. The molecule has 4 atom stereocenters. The van der Waals surface area contributed by atoms with Crippen LogP contribution in [-0.4, -0.2) is 29.3 Å². The average molecular weight is 260 g/mol. The standard InChI is InChI=1S/C15H20N2O2/c18-14(19)9-3-8-13-16-11-6-1-4-10-5-2-7-12(17-13)15(10)11/h1-2,4-6,11-13,15-17H,3,7-9H2,(H,18,19). The van der Waals surface area contributed by atoms with E-state index in [0.717, 1.165) is 12.8 Å². The summed E-state index contributed by atoms with van der Waals surface area (Å²) in [5.74, 6) is -0.192. The van der Waals surface area contributed by atoms with Gasteiger partial charge in [-0.2, -0.15) is 0 Å². The quantitative estimate of drug-likeness (QED) is 0.718. The Bertz CT molecular complexity index is 453. The van der Waals surface area contributed by atoms with Crippen LogP contribution in [0.15, 0.2) is 36.0 Å². The van der Waals surface area contributed by atoms with E-state index in [1.54, 1.807) is 0 Å². The number of hydrogen-bond donors (Lipinski definition) is 3. The smallest absolute Gasteiger partial charge is 0.303 e. The summed E-state index contributed by atoms with van der Waals surface area (Å²) < 4.78 is 0. The first-order chi connectivity index (χ1) is 9.24. The van der Waals surface area contributed by atoms with Gasteiger partial charge in [0.25, 0.3) is 0 Å². The van der Waals surface area contributed by atoms with Crippen molar-refractivity contribution in [2.24, 2.45) is 5.92 Å². The number of rotatable bonds is 4. The van der Waals surface area contributed by atoms with E-state index in [-0.39, 0.29) is 12.6 Å². The van der Waals surface area contributed by atoms with Crippen molar-refractivity contribution < 1.29 is 9.90 Å². The minimum absolute atomic E-state index is 0.223. The largest absolute Gasteiger partial charge is 0.481 e.